The van der Waals surface area contributed by atoms with Gasteiger partial charge in [0.15, 0.2) is 0 Å². The summed E-state index contributed by atoms with van der Waals surface area (Å²) < 4.78 is 7.88. The fourth-order valence-corrected chi connectivity index (χ4v) is 3.72. The second-order valence-corrected chi connectivity index (χ2v) is 8.13. The SMILES string of the molecule is O=C(CN1C=CCC(c2cc(COc3ccccc3)nn2-c2ccccc2)=C1)NC1CC1. The van der Waals surface area contributed by atoms with Gasteiger partial charge in [0.25, 0.3) is 0 Å². The molecule has 2 aliphatic rings. The highest BCUT2D eigenvalue weighted by molar-refractivity contribution is 5.79. The van der Waals surface area contributed by atoms with Crippen LogP contribution in [0.3, 0.4) is 0 Å². The molecule has 0 saturated heterocycles. The number of nitrogens with one attached hydrogen (secondary N) is 1. The summed E-state index contributed by atoms with van der Waals surface area (Å²) in [7, 11) is 0. The van der Waals surface area contributed by atoms with Gasteiger partial charge in [-0.2, -0.15) is 5.10 Å². The Hall–Kier alpha value is -3.80. The van der Waals surface area contributed by atoms with E-state index in [2.05, 4.69) is 17.5 Å². The van der Waals surface area contributed by atoms with E-state index in [0.29, 0.717) is 19.2 Å². The summed E-state index contributed by atoms with van der Waals surface area (Å²) in [4.78, 5) is 14.2. The van der Waals surface area contributed by atoms with E-state index in [1.54, 1.807) is 0 Å². The molecule has 6 nitrogen and oxygen atoms in total. The highest BCUT2D eigenvalue weighted by atomic mass is 16.5. The molecule has 32 heavy (non-hydrogen) atoms. The number of rotatable bonds is 8. The third kappa shape index (κ3) is 4.91. The number of aromatic nitrogens is 2. The smallest absolute Gasteiger partial charge is 0.240 e. The van der Waals surface area contributed by atoms with E-state index < -0.39 is 0 Å². The van der Waals surface area contributed by atoms with Crippen molar-refractivity contribution in [3.8, 4) is 11.4 Å². The summed E-state index contributed by atoms with van der Waals surface area (Å²) in [6.07, 6.45) is 9.06. The van der Waals surface area contributed by atoms with Crippen LogP contribution in [-0.4, -0.2) is 33.2 Å². The Bertz CT molecular complexity index is 1130. The highest BCUT2D eigenvalue weighted by Crippen LogP contribution is 2.27. The fraction of sp³-hybridized carbons (Fsp3) is 0.231. The third-order valence-electron chi connectivity index (χ3n) is 5.44. The fourth-order valence-electron chi connectivity index (χ4n) is 3.72. The molecule has 1 aliphatic heterocycles. The van der Waals surface area contributed by atoms with Crippen molar-refractivity contribution >= 4 is 11.5 Å². The van der Waals surface area contributed by atoms with Crippen molar-refractivity contribution in [1.82, 2.24) is 20.0 Å². The van der Waals surface area contributed by atoms with Crippen LogP contribution in [0.1, 0.15) is 30.7 Å². The monoisotopic (exact) mass is 426 g/mol. The van der Waals surface area contributed by atoms with E-state index in [1.165, 1.54) is 0 Å². The molecule has 0 bridgehead atoms. The van der Waals surface area contributed by atoms with E-state index in [9.17, 15) is 4.79 Å². The number of carbonyl (C=O) groups excluding carboxylic acids is 1. The van der Waals surface area contributed by atoms with Gasteiger partial charge < -0.3 is 15.0 Å². The average molecular weight is 427 g/mol. The number of hydrogen-bond donors (Lipinski definition) is 1. The van der Waals surface area contributed by atoms with Crippen molar-refractivity contribution in [1.29, 1.82) is 0 Å². The molecule has 1 amide bonds. The van der Waals surface area contributed by atoms with Crippen molar-refractivity contribution < 1.29 is 9.53 Å². The summed E-state index contributed by atoms with van der Waals surface area (Å²) in [6.45, 7) is 0.702. The topological polar surface area (TPSA) is 59.4 Å². The number of ether oxygens (including phenoxy) is 1. The first-order valence-corrected chi connectivity index (χ1v) is 11.0. The molecule has 1 fully saturated rings. The molecule has 0 atom stereocenters. The molecule has 1 aliphatic carbocycles. The third-order valence-corrected chi connectivity index (χ3v) is 5.44. The van der Waals surface area contributed by atoms with E-state index in [-0.39, 0.29) is 5.91 Å². The summed E-state index contributed by atoms with van der Waals surface area (Å²) in [5.74, 6) is 0.874. The number of amides is 1. The molecular formula is C26H26N4O2. The molecule has 162 valence electrons. The molecule has 5 rings (SSSR count). The number of hydrogen-bond acceptors (Lipinski definition) is 4. The minimum absolute atomic E-state index is 0.0585. The minimum Gasteiger partial charge on any atom is -0.487 e. The molecular weight excluding hydrogens is 400 g/mol. The van der Waals surface area contributed by atoms with Crippen LogP contribution in [-0.2, 0) is 11.4 Å². The number of benzene rings is 2. The van der Waals surface area contributed by atoms with Crippen LogP contribution in [0.4, 0.5) is 0 Å². The Labute approximate surface area is 187 Å². The molecule has 0 radical (unpaired) electrons. The predicted octanol–water partition coefficient (Wildman–Crippen LogP) is 4.29. The maximum Gasteiger partial charge on any atom is 0.240 e. The quantitative estimate of drug-likeness (QED) is 0.584. The molecule has 2 heterocycles. The Balaban J connectivity index is 1.39. The second kappa shape index (κ2) is 9.14. The average Bonchev–Trinajstić information content (AvgIpc) is 3.53. The van der Waals surface area contributed by atoms with E-state index in [4.69, 9.17) is 9.84 Å². The molecule has 6 heteroatoms. The molecule has 1 saturated carbocycles. The summed E-state index contributed by atoms with van der Waals surface area (Å²) in [5.41, 5.74) is 3.94. The number of para-hydroxylation sites is 2. The number of nitrogens with zero attached hydrogens (tertiary/aromatic N) is 3. The first-order chi connectivity index (χ1) is 15.7. The van der Waals surface area contributed by atoms with Gasteiger partial charge in [0, 0.05) is 18.4 Å². The molecule has 0 unspecified atom stereocenters. The van der Waals surface area contributed by atoms with Crippen LogP contribution in [0.15, 0.2) is 85.2 Å². The van der Waals surface area contributed by atoms with Gasteiger partial charge in [0.2, 0.25) is 5.91 Å². The lowest BCUT2D eigenvalue weighted by Gasteiger charge is -2.21. The van der Waals surface area contributed by atoms with Gasteiger partial charge in [-0.3, -0.25) is 4.79 Å². The Morgan fingerprint density at radius 1 is 1.06 bits per heavy atom. The number of carbonyl (C=O) groups is 1. The summed E-state index contributed by atoms with van der Waals surface area (Å²) in [5, 5.41) is 7.88. The van der Waals surface area contributed by atoms with E-state index in [0.717, 1.165) is 47.7 Å². The van der Waals surface area contributed by atoms with Crippen molar-refractivity contribution in [2.45, 2.75) is 31.9 Å². The van der Waals surface area contributed by atoms with Crippen LogP contribution in [0.2, 0.25) is 0 Å². The van der Waals surface area contributed by atoms with Gasteiger partial charge >= 0.3 is 0 Å². The second-order valence-electron chi connectivity index (χ2n) is 8.13. The van der Waals surface area contributed by atoms with Crippen molar-refractivity contribution in [2.24, 2.45) is 0 Å². The van der Waals surface area contributed by atoms with Crippen LogP contribution >= 0.6 is 0 Å². The van der Waals surface area contributed by atoms with Crippen LogP contribution < -0.4 is 10.1 Å². The zero-order valence-electron chi connectivity index (χ0n) is 17.9. The maximum atomic E-state index is 12.3. The van der Waals surface area contributed by atoms with E-state index in [1.807, 2.05) is 82.6 Å². The lowest BCUT2D eigenvalue weighted by atomic mass is 10.1. The van der Waals surface area contributed by atoms with Crippen molar-refractivity contribution in [2.75, 3.05) is 6.54 Å². The highest BCUT2D eigenvalue weighted by Gasteiger charge is 2.24. The normalized spacial score (nSPS) is 15.4. The summed E-state index contributed by atoms with van der Waals surface area (Å²) >= 11 is 0. The predicted molar refractivity (Wildman–Crippen MR) is 124 cm³/mol. The van der Waals surface area contributed by atoms with Crippen molar-refractivity contribution in [3.63, 3.8) is 0 Å². The molecule has 2 aromatic carbocycles. The Morgan fingerprint density at radius 2 is 1.81 bits per heavy atom. The standard InChI is InChI=1S/C26H26N4O2/c31-26(27-21-13-14-21)18-29-15-7-8-20(17-29)25-16-22(19-32-24-11-5-2-6-12-24)28-30(25)23-9-3-1-4-10-23/h1-7,9-12,15-17,21H,8,13-14,18-19H2,(H,27,31). The zero-order chi connectivity index (χ0) is 21.8. The van der Waals surface area contributed by atoms with Gasteiger partial charge in [-0.25, -0.2) is 4.68 Å². The van der Waals surface area contributed by atoms with Gasteiger partial charge in [0.1, 0.15) is 24.6 Å². The van der Waals surface area contributed by atoms with E-state index >= 15 is 0 Å². The molecule has 1 aromatic heterocycles. The molecule has 3 aromatic rings. The van der Waals surface area contributed by atoms with Crippen LogP contribution in [0, 0.1) is 0 Å². The van der Waals surface area contributed by atoms with Gasteiger partial charge in [-0.05, 0) is 55.2 Å². The lowest BCUT2D eigenvalue weighted by Crippen LogP contribution is -2.34. The minimum atomic E-state index is 0.0585. The Kier molecular flexibility index (Phi) is 5.75. The zero-order valence-corrected chi connectivity index (χ0v) is 17.9. The van der Waals surface area contributed by atoms with Gasteiger partial charge in [0.05, 0.1) is 11.4 Å². The maximum absolute atomic E-state index is 12.3. The van der Waals surface area contributed by atoms with Gasteiger partial charge in [-0.1, -0.05) is 42.5 Å². The van der Waals surface area contributed by atoms with Crippen LogP contribution in [0.5, 0.6) is 5.75 Å². The molecule has 1 N–H and O–H groups in total. The number of allylic oxidation sites excluding steroid dienone is 2. The largest absolute Gasteiger partial charge is 0.487 e. The van der Waals surface area contributed by atoms with Crippen LogP contribution in [0.25, 0.3) is 11.3 Å². The lowest BCUT2D eigenvalue weighted by molar-refractivity contribution is -0.121. The Morgan fingerprint density at radius 3 is 2.56 bits per heavy atom. The first-order valence-electron chi connectivity index (χ1n) is 11.0. The molecule has 0 spiro atoms. The van der Waals surface area contributed by atoms with Crippen molar-refractivity contribution in [3.05, 3.63) is 96.6 Å². The first kappa shape index (κ1) is 20.1. The van der Waals surface area contributed by atoms with Gasteiger partial charge in [-0.15, -0.1) is 0 Å². The summed E-state index contributed by atoms with van der Waals surface area (Å²) in [6, 6.07) is 22.3.